The minimum atomic E-state index is -0.624. The molecule has 2 aromatic rings. The second-order valence-electron chi connectivity index (χ2n) is 6.11. The van der Waals surface area contributed by atoms with Crippen LogP contribution in [0.15, 0.2) is 28.0 Å². The van der Waals surface area contributed by atoms with Crippen molar-refractivity contribution in [2.75, 3.05) is 18.5 Å². The largest absolute Gasteiger partial charge is 0.434 e. The number of ether oxygens (including phenoxy) is 1. The highest BCUT2D eigenvalue weighted by molar-refractivity contribution is 6.46. The van der Waals surface area contributed by atoms with Crippen molar-refractivity contribution >= 4 is 46.5 Å². The number of aromatic amines is 1. The third-order valence-electron chi connectivity index (χ3n) is 3.93. The molecule has 1 atom stereocenters. The predicted octanol–water partition coefficient (Wildman–Crippen LogP) is 1.43. The van der Waals surface area contributed by atoms with E-state index in [0.29, 0.717) is 0 Å². The summed E-state index contributed by atoms with van der Waals surface area (Å²) in [5.74, 6) is -1.46. The average molecular weight is 440 g/mol. The van der Waals surface area contributed by atoms with E-state index >= 15 is 0 Å². The van der Waals surface area contributed by atoms with Crippen LogP contribution in [0.4, 0.5) is 5.69 Å². The van der Waals surface area contributed by atoms with Gasteiger partial charge < -0.3 is 20.5 Å². The van der Waals surface area contributed by atoms with E-state index in [9.17, 15) is 19.5 Å². The van der Waals surface area contributed by atoms with E-state index in [1.54, 1.807) is 6.92 Å². The van der Waals surface area contributed by atoms with Gasteiger partial charge in [0.1, 0.15) is 6.54 Å². The van der Waals surface area contributed by atoms with E-state index in [-0.39, 0.29) is 57.8 Å². The Bertz CT molecular complexity index is 1050. The number of aromatic nitrogens is 2. The number of hydrogen-bond acceptors (Lipinski definition) is 7. The molecule has 0 spiro atoms. The lowest BCUT2D eigenvalue weighted by Gasteiger charge is -2.13. The zero-order valence-electron chi connectivity index (χ0n) is 15.0. The van der Waals surface area contributed by atoms with Gasteiger partial charge in [-0.2, -0.15) is 0 Å². The van der Waals surface area contributed by atoms with Crippen LogP contribution in [0.5, 0.6) is 11.6 Å². The van der Waals surface area contributed by atoms with Gasteiger partial charge in [0.2, 0.25) is 11.8 Å². The smallest absolute Gasteiger partial charge is 0.291 e. The Balaban J connectivity index is 1.80. The number of hydrogen-bond donors (Lipinski definition) is 4. The van der Waals surface area contributed by atoms with Gasteiger partial charge in [0, 0.05) is 29.8 Å². The highest BCUT2D eigenvalue weighted by Gasteiger charge is 2.21. The first-order chi connectivity index (χ1) is 13.8. The zero-order valence-corrected chi connectivity index (χ0v) is 16.5. The Morgan fingerprint density at radius 3 is 2.59 bits per heavy atom. The zero-order chi connectivity index (χ0) is 21.1. The van der Waals surface area contributed by atoms with Crippen molar-refractivity contribution in [2.24, 2.45) is 4.99 Å². The van der Waals surface area contributed by atoms with Crippen molar-refractivity contribution in [2.45, 2.75) is 12.8 Å². The summed E-state index contributed by atoms with van der Waals surface area (Å²) in [4.78, 5) is 38.8. The number of aliphatic imine (C=N–C) groups is 1. The van der Waals surface area contributed by atoms with Gasteiger partial charge in [0.05, 0.1) is 10.0 Å². The van der Waals surface area contributed by atoms with Crippen LogP contribution < -0.4 is 20.9 Å². The normalized spacial score (nSPS) is 14.2. The highest BCUT2D eigenvalue weighted by atomic mass is 35.5. The molecule has 2 amide bonds. The molecule has 12 heteroatoms. The summed E-state index contributed by atoms with van der Waals surface area (Å²) in [6, 6.07) is 4.16. The molecule has 1 aromatic heterocycles. The minimum absolute atomic E-state index is 0.0171. The Hall–Kier alpha value is -2.95. The van der Waals surface area contributed by atoms with Gasteiger partial charge in [0.25, 0.3) is 11.5 Å². The number of nitrogens with zero attached hydrogens (tertiary/aromatic N) is 2. The molecule has 1 aliphatic heterocycles. The Morgan fingerprint density at radius 1 is 1.31 bits per heavy atom. The number of benzene rings is 1. The lowest BCUT2D eigenvalue weighted by atomic mass is 10.1. The Kier molecular flexibility index (Phi) is 6.16. The molecule has 0 saturated heterocycles. The van der Waals surface area contributed by atoms with Crippen molar-refractivity contribution in [1.82, 2.24) is 15.5 Å². The molecule has 0 radical (unpaired) electrons. The molecule has 4 N–H and O–H groups in total. The second kappa shape index (κ2) is 8.60. The molecule has 3 rings (SSSR count). The molecule has 1 aromatic carbocycles. The minimum Gasteiger partial charge on any atom is -0.434 e. The molecular formula is C17H15Cl2N5O5. The number of carbonyl (C=O) groups excluding carboxylic acids is 2. The van der Waals surface area contributed by atoms with Crippen molar-refractivity contribution in [3.8, 4) is 11.6 Å². The van der Waals surface area contributed by atoms with Crippen molar-refractivity contribution in [3.05, 3.63) is 44.2 Å². The third kappa shape index (κ3) is 4.73. The van der Waals surface area contributed by atoms with E-state index in [0.717, 1.165) is 0 Å². The number of amidine groups is 1. The lowest BCUT2D eigenvalue weighted by molar-refractivity contribution is -0.118. The van der Waals surface area contributed by atoms with Crippen molar-refractivity contribution in [3.63, 3.8) is 0 Å². The number of nitrogens with one attached hydrogen (secondary N) is 3. The maximum atomic E-state index is 12.1. The number of carbonyl (C=O) groups is 2. The first-order valence-corrected chi connectivity index (χ1v) is 9.07. The third-order valence-corrected chi connectivity index (χ3v) is 4.49. The van der Waals surface area contributed by atoms with Gasteiger partial charge in [-0.3, -0.25) is 19.4 Å². The van der Waals surface area contributed by atoms with E-state index in [2.05, 4.69) is 25.8 Å². The fourth-order valence-corrected chi connectivity index (χ4v) is 3.00. The van der Waals surface area contributed by atoms with Crippen LogP contribution in [-0.2, 0) is 9.59 Å². The number of amides is 2. The Labute approximate surface area is 173 Å². The predicted molar refractivity (Wildman–Crippen MR) is 106 cm³/mol. The molecule has 0 bridgehead atoms. The topological polar surface area (TPSA) is 146 Å². The maximum Gasteiger partial charge on any atom is 0.291 e. The van der Waals surface area contributed by atoms with Crippen LogP contribution in [0, 0.1) is 0 Å². The molecule has 0 fully saturated rings. The van der Waals surface area contributed by atoms with Crippen LogP contribution in [0.25, 0.3) is 0 Å². The molecule has 29 heavy (non-hydrogen) atoms. The van der Waals surface area contributed by atoms with Crippen molar-refractivity contribution < 1.29 is 19.4 Å². The molecule has 1 unspecified atom stereocenters. The number of rotatable bonds is 6. The number of anilines is 1. The molecule has 0 aliphatic carbocycles. The number of aliphatic hydroxyl groups is 1. The van der Waals surface area contributed by atoms with Gasteiger partial charge in [-0.25, -0.2) is 5.10 Å². The van der Waals surface area contributed by atoms with Crippen LogP contribution in [0.2, 0.25) is 10.0 Å². The summed E-state index contributed by atoms with van der Waals surface area (Å²) in [5.41, 5.74) is 0.0919. The number of H-pyrrole nitrogens is 1. The summed E-state index contributed by atoms with van der Waals surface area (Å²) in [6.45, 7) is 1.33. The van der Waals surface area contributed by atoms with E-state index in [1.807, 2.05) is 0 Å². The van der Waals surface area contributed by atoms with Crippen LogP contribution in [-0.4, -0.2) is 46.1 Å². The van der Waals surface area contributed by atoms with Crippen LogP contribution in [0.1, 0.15) is 18.4 Å². The molecular weight excluding hydrogens is 425 g/mol. The number of aliphatic hydroxyl groups excluding tert-OH is 1. The molecule has 10 nitrogen and oxygen atoms in total. The summed E-state index contributed by atoms with van der Waals surface area (Å²) in [7, 11) is 0. The maximum absolute atomic E-state index is 12.1. The summed E-state index contributed by atoms with van der Waals surface area (Å²) < 4.78 is 5.58. The molecule has 1 aliphatic rings. The van der Waals surface area contributed by atoms with E-state index in [1.165, 1.54) is 18.2 Å². The van der Waals surface area contributed by atoms with E-state index < -0.39 is 17.4 Å². The SMILES string of the molecule is CC(CO)c1cc(Oc2c(Cl)cc(NC(=O)C3=NCC(=O)N3)cc2Cl)n[nH]c1=O. The fraction of sp³-hybridized carbons (Fsp3) is 0.235. The number of halogens is 2. The first kappa shape index (κ1) is 20.8. The van der Waals surface area contributed by atoms with Crippen molar-refractivity contribution in [1.29, 1.82) is 0 Å². The van der Waals surface area contributed by atoms with Gasteiger partial charge in [-0.15, -0.1) is 5.10 Å². The van der Waals surface area contributed by atoms with Gasteiger partial charge in [-0.1, -0.05) is 30.1 Å². The fourth-order valence-electron chi connectivity index (χ4n) is 2.43. The lowest BCUT2D eigenvalue weighted by Crippen LogP contribution is -2.34. The quantitative estimate of drug-likeness (QED) is 0.535. The molecule has 2 heterocycles. The van der Waals surface area contributed by atoms with Gasteiger partial charge >= 0.3 is 0 Å². The average Bonchev–Trinajstić information content (AvgIpc) is 3.12. The summed E-state index contributed by atoms with van der Waals surface area (Å²) in [6.07, 6.45) is 0. The first-order valence-electron chi connectivity index (χ1n) is 8.31. The van der Waals surface area contributed by atoms with Crippen LogP contribution >= 0.6 is 23.2 Å². The molecule has 152 valence electrons. The highest BCUT2D eigenvalue weighted by Crippen LogP contribution is 2.38. The Morgan fingerprint density at radius 2 is 2.00 bits per heavy atom. The van der Waals surface area contributed by atoms with Gasteiger partial charge in [0.15, 0.2) is 11.6 Å². The van der Waals surface area contributed by atoms with Crippen LogP contribution in [0.3, 0.4) is 0 Å². The monoisotopic (exact) mass is 439 g/mol. The molecule has 0 saturated carbocycles. The van der Waals surface area contributed by atoms with E-state index in [4.69, 9.17) is 27.9 Å². The standard InChI is InChI=1S/C17H15Cl2N5O5/c1-7(6-25)9-4-13(23-24-16(9)27)29-14-10(18)2-8(3-11(14)19)21-17(28)15-20-5-12(26)22-15/h2-4,7,25H,5-6H2,1H3,(H,21,28)(H,24,27)(H,20,22,26). The summed E-state index contributed by atoms with van der Waals surface area (Å²) >= 11 is 12.4. The summed E-state index contributed by atoms with van der Waals surface area (Å²) in [5, 5.41) is 20.3. The van der Waals surface area contributed by atoms with Gasteiger partial charge in [-0.05, 0) is 12.1 Å². The second-order valence-corrected chi connectivity index (χ2v) is 6.93.